The van der Waals surface area contributed by atoms with Gasteiger partial charge >= 0.3 is 7.12 Å². The van der Waals surface area contributed by atoms with Crippen molar-refractivity contribution in [2.45, 2.75) is 20.4 Å². The summed E-state index contributed by atoms with van der Waals surface area (Å²) in [5.74, 6) is 0. The molecule has 1 aliphatic rings. The first-order valence-electron chi connectivity index (χ1n) is 6.92. The summed E-state index contributed by atoms with van der Waals surface area (Å²) in [6, 6.07) is 10.5. The maximum absolute atomic E-state index is 5.77. The summed E-state index contributed by atoms with van der Waals surface area (Å²) >= 11 is 0. The Balaban J connectivity index is 1.84. The lowest BCUT2D eigenvalue weighted by Crippen LogP contribution is -2.39. The fraction of sp³-hybridized carbons (Fsp3) is 0.467. The predicted molar refractivity (Wildman–Crippen MR) is 78.8 cm³/mol. The topological polar surface area (TPSA) is 21.7 Å². The molecule has 0 unspecified atom stereocenters. The van der Waals surface area contributed by atoms with E-state index in [1.165, 1.54) is 5.56 Å². The van der Waals surface area contributed by atoms with E-state index in [2.05, 4.69) is 29.2 Å². The minimum Gasteiger partial charge on any atom is -0.406 e. The fourth-order valence-corrected chi connectivity index (χ4v) is 2.14. The van der Waals surface area contributed by atoms with Gasteiger partial charge in [0.2, 0.25) is 0 Å². The van der Waals surface area contributed by atoms with Gasteiger partial charge in [0, 0.05) is 32.8 Å². The highest BCUT2D eigenvalue weighted by Gasteiger charge is 2.23. The standard InChI is InChI=1S/C15H22BNO2/c1-3-14(2)16-18-11-9-17(10-12-19-16)13-15-7-5-4-6-8-15/h3-8H,9-13H2,1-2H3. The Morgan fingerprint density at radius 1 is 1.21 bits per heavy atom. The van der Waals surface area contributed by atoms with Gasteiger partial charge in [0.25, 0.3) is 0 Å². The summed E-state index contributed by atoms with van der Waals surface area (Å²) in [5.41, 5.74) is 2.49. The van der Waals surface area contributed by atoms with Crippen molar-refractivity contribution in [3.63, 3.8) is 0 Å². The number of hydrogen-bond donors (Lipinski definition) is 0. The Kier molecular flexibility index (Phi) is 5.64. The highest BCUT2D eigenvalue weighted by molar-refractivity contribution is 6.53. The van der Waals surface area contributed by atoms with Gasteiger partial charge in [-0.1, -0.05) is 36.4 Å². The van der Waals surface area contributed by atoms with Crippen LogP contribution in [0.4, 0.5) is 0 Å². The van der Waals surface area contributed by atoms with Crippen molar-refractivity contribution < 1.29 is 9.31 Å². The largest absolute Gasteiger partial charge is 0.489 e. The molecule has 2 rings (SSSR count). The minimum atomic E-state index is -0.163. The quantitative estimate of drug-likeness (QED) is 0.778. The SMILES string of the molecule is CC=C(C)B1OCCN(Cc2ccccc2)CCO1. The molecule has 1 aromatic rings. The van der Waals surface area contributed by atoms with Gasteiger partial charge in [0.1, 0.15) is 0 Å². The molecule has 102 valence electrons. The Morgan fingerprint density at radius 2 is 1.84 bits per heavy atom. The zero-order valence-corrected chi connectivity index (χ0v) is 11.8. The molecule has 1 aromatic carbocycles. The second-order valence-corrected chi connectivity index (χ2v) is 4.87. The molecule has 1 saturated heterocycles. The zero-order valence-electron chi connectivity index (χ0n) is 11.8. The first-order valence-corrected chi connectivity index (χ1v) is 6.92. The first-order chi connectivity index (χ1) is 9.29. The molecule has 3 nitrogen and oxygen atoms in total. The van der Waals surface area contributed by atoms with Crippen molar-refractivity contribution >= 4 is 7.12 Å². The normalized spacial score (nSPS) is 19.1. The summed E-state index contributed by atoms with van der Waals surface area (Å²) in [4.78, 5) is 2.37. The second-order valence-electron chi connectivity index (χ2n) is 4.87. The lowest BCUT2D eigenvalue weighted by Gasteiger charge is -2.27. The van der Waals surface area contributed by atoms with E-state index in [0.29, 0.717) is 13.2 Å². The van der Waals surface area contributed by atoms with Crippen LogP contribution in [-0.2, 0) is 15.9 Å². The molecule has 0 atom stereocenters. The van der Waals surface area contributed by atoms with Crippen molar-refractivity contribution in [3.05, 3.63) is 47.4 Å². The first kappa shape index (κ1) is 14.3. The monoisotopic (exact) mass is 259 g/mol. The molecule has 19 heavy (non-hydrogen) atoms. The van der Waals surface area contributed by atoms with Crippen LogP contribution >= 0.6 is 0 Å². The summed E-state index contributed by atoms with van der Waals surface area (Å²) in [7, 11) is -0.163. The van der Waals surface area contributed by atoms with Crippen molar-refractivity contribution in [1.82, 2.24) is 4.90 Å². The number of rotatable bonds is 3. The molecule has 0 saturated carbocycles. The average Bonchev–Trinajstić information content (AvgIpc) is 2.42. The van der Waals surface area contributed by atoms with E-state index in [0.717, 1.165) is 25.1 Å². The molecule has 1 heterocycles. The molecule has 0 N–H and O–H groups in total. The Bertz CT molecular complexity index is 398. The molecule has 1 fully saturated rings. The van der Waals surface area contributed by atoms with E-state index in [-0.39, 0.29) is 7.12 Å². The molecular formula is C15H22BNO2. The van der Waals surface area contributed by atoms with Gasteiger partial charge < -0.3 is 9.31 Å². The highest BCUT2D eigenvalue weighted by atomic mass is 16.6. The lowest BCUT2D eigenvalue weighted by atomic mass is 9.79. The summed E-state index contributed by atoms with van der Waals surface area (Å²) < 4.78 is 11.5. The molecule has 1 aliphatic heterocycles. The maximum atomic E-state index is 5.77. The molecule has 0 aromatic heterocycles. The van der Waals surface area contributed by atoms with Gasteiger partial charge in [-0.15, -0.1) is 0 Å². The third kappa shape index (κ3) is 4.49. The van der Waals surface area contributed by atoms with Crippen molar-refractivity contribution in [2.24, 2.45) is 0 Å². The van der Waals surface area contributed by atoms with E-state index in [1.807, 2.05) is 26.0 Å². The summed E-state index contributed by atoms with van der Waals surface area (Å²) in [6.45, 7) is 8.35. The summed E-state index contributed by atoms with van der Waals surface area (Å²) in [5, 5.41) is 0. The third-order valence-corrected chi connectivity index (χ3v) is 3.43. The molecule has 4 heteroatoms. The molecule has 0 radical (unpaired) electrons. The van der Waals surface area contributed by atoms with Crippen LogP contribution in [0.3, 0.4) is 0 Å². The Labute approximate surface area is 116 Å². The summed E-state index contributed by atoms with van der Waals surface area (Å²) in [6.07, 6.45) is 2.05. The third-order valence-electron chi connectivity index (χ3n) is 3.43. The lowest BCUT2D eigenvalue weighted by molar-refractivity contribution is 0.110. The van der Waals surface area contributed by atoms with Gasteiger partial charge in [-0.2, -0.15) is 0 Å². The molecule has 0 spiro atoms. The maximum Gasteiger partial charge on any atom is 0.489 e. The van der Waals surface area contributed by atoms with Gasteiger partial charge in [0.05, 0.1) is 0 Å². The fourth-order valence-electron chi connectivity index (χ4n) is 2.14. The number of nitrogens with zero attached hydrogens (tertiary/aromatic N) is 1. The van der Waals surface area contributed by atoms with Crippen LogP contribution in [0.15, 0.2) is 41.9 Å². The van der Waals surface area contributed by atoms with Crippen molar-refractivity contribution in [2.75, 3.05) is 26.3 Å². The second kappa shape index (κ2) is 7.48. The Morgan fingerprint density at radius 3 is 2.42 bits per heavy atom. The van der Waals surface area contributed by atoms with Crippen LogP contribution in [-0.4, -0.2) is 38.3 Å². The van der Waals surface area contributed by atoms with Gasteiger partial charge in [0.15, 0.2) is 0 Å². The van der Waals surface area contributed by atoms with E-state index >= 15 is 0 Å². The predicted octanol–water partition coefficient (Wildman–Crippen LogP) is 2.53. The Hall–Kier alpha value is -1.10. The van der Waals surface area contributed by atoms with Crippen LogP contribution in [0, 0.1) is 0 Å². The van der Waals surface area contributed by atoms with Gasteiger partial charge in [-0.05, 0) is 24.9 Å². The number of allylic oxidation sites excluding steroid dienone is 2. The van der Waals surface area contributed by atoms with Gasteiger partial charge in [-0.25, -0.2) is 0 Å². The molecule has 0 bridgehead atoms. The highest BCUT2D eigenvalue weighted by Crippen LogP contribution is 2.09. The van der Waals surface area contributed by atoms with Crippen molar-refractivity contribution in [1.29, 1.82) is 0 Å². The van der Waals surface area contributed by atoms with E-state index in [4.69, 9.17) is 9.31 Å². The zero-order chi connectivity index (χ0) is 13.5. The van der Waals surface area contributed by atoms with Crippen LogP contribution in [0.2, 0.25) is 0 Å². The molecule has 0 aliphatic carbocycles. The molecule has 0 amide bonds. The van der Waals surface area contributed by atoms with E-state index in [9.17, 15) is 0 Å². The average molecular weight is 259 g/mol. The van der Waals surface area contributed by atoms with Crippen LogP contribution in [0.25, 0.3) is 0 Å². The minimum absolute atomic E-state index is 0.163. The van der Waals surface area contributed by atoms with E-state index < -0.39 is 0 Å². The van der Waals surface area contributed by atoms with E-state index in [1.54, 1.807) is 0 Å². The van der Waals surface area contributed by atoms with Gasteiger partial charge in [-0.3, -0.25) is 4.90 Å². The number of benzene rings is 1. The molecular weight excluding hydrogens is 237 g/mol. The smallest absolute Gasteiger partial charge is 0.406 e. The van der Waals surface area contributed by atoms with Crippen LogP contribution in [0.1, 0.15) is 19.4 Å². The van der Waals surface area contributed by atoms with Crippen molar-refractivity contribution in [3.8, 4) is 0 Å². The van der Waals surface area contributed by atoms with Crippen LogP contribution in [0.5, 0.6) is 0 Å². The van der Waals surface area contributed by atoms with Crippen LogP contribution < -0.4 is 0 Å². The number of hydrogen-bond acceptors (Lipinski definition) is 3.